The third-order valence-electron chi connectivity index (χ3n) is 7.04. The van der Waals surface area contributed by atoms with Crippen LogP contribution in [-0.2, 0) is 30.3 Å². The molecule has 0 aromatic heterocycles. The van der Waals surface area contributed by atoms with E-state index in [0.29, 0.717) is 31.0 Å². The molecule has 4 heteroatoms. The summed E-state index contributed by atoms with van der Waals surface area (Å²) in [7, 11) is 0. The quantitative estimate of drug-likeness (QED) is 0.187. The van der Waals surface area contributed by atoms with Gasteiger partial charge in [0.2, 0.25) is 0 Å². The van der Waals surface area contributed by atoms with Gasteiger partial charge in [-0.1, -0.05) is 77.9 Å². The molecular formula is C35H42N2O2. The maximum Gasteiger partial charge on any atom is 0.122 e. The fourth-order valence-corrected chi connectivity index (χ4v) is 4.86. The van der Waals surface area contributed by atoms with E-state index in [1.54, 1.807) is 0 Å². The zero-order chi connectivity index (χ0) is 28.2. The Balaban J connectivity index is 1.71. The molecule has 0 spiro atoms. The molecule has 0 aliphatic heterocycles. The van der Waals surface area contributed by atoms with Crippen molar-refractivity contribution in [1.82, 2.24) is 0 Å². The van der Waals surface area contributed by atoms with Gasteiger partial charge in [-0.2, -0.15) is 0 Å². The molecule has 4 aromatic rings. The number of anilines is 2. The highest BCUT2D eigenvalue weighted by Crippen LogP contribution is 2.39. The predicted molar refractivity (Wildman–Crippen MR) is 164 cm³/mol. The lowest BCUT2D eigenvalue weighted by Crippen LogP contribution is -2.15. The molecule has 4 nitrogen and oxygen atoms in total. The number of hydrogen-bond donors (Lipinski definition) is 4. The number of hydrogen-bond acceptors (Lipinski definition) is 4. The number of aromatic hydroxyl groups is 2. The van der Waals surface area contributed by atoms with E-state index in [2.05, 4.69) is 76.4 Å². The summed E-state index contributed by atoms with van der Waals surface area (Å²) in [6.45, 7) is 14.0. The van der Waals surface area contributed by atoms with Gasteiger partial charge >= 0.3 is 0 Å². The van der Waals surface area contributed by atoms with E-state index in [4.69, 9.17) is 0 Å². The van der Waals surface area contributed by atoms with Crippen LogP contribution in [0.3, 0.4) is 0 Å². The van der Waals surface area contributed by atoms with Crippen LogP contribution < -0.4 is 10.6 Å². The van der Waals surface area contributed by atoms with Crippen molar-refractivity contribution >= 4 is 11.4 Å². The van der Waals surface area contributed by atoms with Gasteiger partial charge < -0.3 is 20.8 Å². The first-order chi connectivity index (χ1) is 18.4. The summed E-state index contributed by atoms with van der Waals surface area (Å²) in [6, 6.07) is 28.6. The third-order valence-corrected chi connectivity index (χ3v) is 7.04. The molecule has 0 unspecified atom stereocenters. The van der Waals surface area contributed by atoms with Gasteiger partial charge in [0.15, 0.2) is 0 Å². The van der Waals surface area contributed by atoms with Crippen LogP contribution in [0.1, 0.15) is 74.9 Å². The molecule has 0 aliphatic rings. The Hall–Kier alpha value is -3.92. The second-order valence-electron chi connectivity index (χ2n) is 12.4. The van der Waals surface area contributed by atoms with Crippen molar-refractivity contribution < 1.29 is 10.2 Å². The smallest absolute Gasteiger partial charge is 0.122 e. The van der Waals surface area contributed by atoms with E-state index in [-0.39, 0.29) is 10.8 Å². The van der Waals surface area contributed by atoms with Gasteiger partial charge in [0.1, 0.15) is 11.5 Å². The molecule has 0 heterocycles. The Morgan fingerprint density at radius 3 is 1.23 bits per heavy atom. The molecule has 204 valence electrons. The van der Waals surface area contributed by atoms with Crippen LogP contribution in [-0.4, -0.2) is 10.2 Å². The van der Waals surface area contributed by atoms with Crippen molar-refractivity contribution in [3.63, 3.8) is 0 Å². The van der Waals surface area contributed by atoms with Gasteiger partial charge in [-0.25, -0.2) is 0 Å². The zero-order valence-electron chi connectivity index (χ0n) is 24.1. The summed E-state index contributed by atoms with van der Waals surface area (Å²) in [5.41, 5.74) is 7.26. The van der Waals surface area contributed by atoms with Crippen LogP contribution in [0, 0.1) is 0 Å². The second kappa shape index (κ2) is 11.4. The van der Waals surface area contributed by atoms with Crippen LogP contribution in [0.5, 0.6) is 11.5 Å². The zero-order valence-corrected chi connectivity index (χ0v) is 24.1. The molecular weight excluding hydrogens is 480 g/mol. The molecule has 4 rings (SSSR count). The number of phenolic OH excluding ortho intramolecular Hbond substituents is 2. The van der Waals surface area contributed by atoms with Gasteiger partial charge in [-0.15, -0.1) is 0 Å². The molecule has 0 atom stereocenters. The van der Waals surface area contributed by atoms with Crippen LogP contribution >= 0.6 is 0 Å². The fraction of sp³-hybridized carbons (Fsp3) is 0.314. The lowest BCUT2D eigenvalue weighted by atomic mass is 9.81. The van der Waals surface area contributed by atoms with E-state index < -0.39 is 0 Å². The summed E-state index contributed by atoms with van der Waals surface area (Å²) < 4.78 is 0. The van der Waals surface area contributed by atoms with Gasteiger partial charge in [-0.05, 0) is 92.7 Å². The number of para-hydroxylation sites is 2. The van der Waals surface area contributed by atoms with Crippen LogP contribution in [0.4, 0.5) is 11.4 Å². The molecule has 0 bridgehead atoms. The normalized spacial score (nSPS) is 11.8. The Labute approximate surface area is 233 Å². The summed E-state index contributed by atoms with van der Waals surface area (Å²) in [5, 5.41) is 29.8. The average molecular weight is 523 g/mol. The number of nitrogens with one attached hydrogen (secondary N) is 2. The van der Waals surface area contributed by atoms with Crippen molar-refractivity contribution in [2.24, 2.45) is 0 Å². The molecule has 0 amide bonds. The Morgan fingerprint density at radius 1 is 0.538 bits per heavy atom. The minimum atomic E-state index is -0.234. The van der Waals surface area contributed by atoms with Gasteiger partial charge in [0, 0.05) is 30.9 Å². The van der Waals surface area contributed by atoms with Gasteiger partial charge in [0.05, 0.1) is 0 Å². The first kappa shape index (κ1) is 28.1. The highest BCUT2D eigenvalue weighted by molar-refractivity contribution is 5.55. The van der Waals surface area contributed by atoms with Crippen LogP contribution in [0.2, 0.25) is 0 Å². The number of phenols is 2. The molecule has 0 saturated heterocycles. The van der Waals surface area contributed by atoms with E-state index in [0.717, 1.165) is 44.8 Å². The molecule has 39 heavy (non-hydrogen) atoms. The van der Waals surface area contributed by atoms with E-state index in [9.17, 15) is 10.2 Å². The molecule has 0 saturated carbocycles. The Morgan fingerprint density at radius 2 is 0.897 bits per heavy atom. The molecule has 0 aliphatic carbocycles. The number of benzene rings is 4. The Kier molecular flexibility index (Phi) is 8.25. The molecule has 0 radical (unpaired) electrons. The average Bonchev–Trinajstić information content (AvgIpc) is 2.89. The first-order valence-electron chi connectivity index (χ1n) is 13.7. The minimum Gasteiger partial charge on any atom is -0.507 e. The van der Waals surface area contributed by atoms with Gasteiger partial charge in [0.25, 0.3) is 0 Å². The summed E-state index contributed by atoms with van der Waals surface area (Å²) in [4.78, 5) is 0. The first-order valence-corrected chi connectivity index (χ1v) is 13.7. The van der Waals surface area contributed by atoms with Crippen molar-refractivity contribution in [1.29, 1.82) is 0 Å². The highest BCUT2D eigenvalue weighted by Gasteiger charge is 2.25. The third kappa shape index (κ3) is 7.14. The highest BCUT2D eigenvalue weighted by atomic mass is 16.3. The molecule has 4 aromatic carbocycles. The predicted octanol–water partition coefficient (Wildman–Crippen LogP) is 8.51. The Bertz CT molecular complexity index is 1290. The summed E-state index contributed by atoms with van der Waals surface area (Å²) >= 11 is 0. The number of rotatable bonds is 8. The lowest BCUT2D eigenvalue weighted by molar-refractivity contribution is 0.435. The van der Waals surface area contributed by atoms with Crippen molar-refractivity contribution in [3.8, 4) is 11.5 Å². The van der Waals surface area contributed by atoms with Gasteiger partial charge in [-0.3, -0.25) is 0 Å². The van der Waals surface area contributed by atoms with Crippen molar-refractivity contribution in [2.75, 3.05) is 10.6 Å². The largest absolute Gasteiger partial charge is 0.507 e. The minimum absolute atomic E-state index is 0.234. The topological polar surface area (TPSA) is 64.5 Å². The van der Waals surface area contributed by atoms with E-state index in [1.807, 2.05) is 60.7 Å². The monoisotopic (exact) mass is 522 g/mol. The fourth-order valence-electron chi connectivity index (χ4n) is 4.86. The summed E-state index contributed by atoms with van der Waals surface area (Å²) in [6.07, 6.45) is 0.433. The van der Waals surface area contributed by atoms with Crippen LogP contribution in [0.25, 0.3) is 0 Å². The van der Waals surface area contributed by atoms with E-state index in [1.165, 1.54) is 0 Å². The van der Waals surface area contributed by atoms with Crippen molar-refractivity contribution in [3.05, 3.63) is 118 Å². The standard InChI is InChI=1S/C35H42N2O2/c1-34(2,3)30-19-24(22-36-28-13-9-7-10-14-28)17-26(32(30)38)21-27-18-25(20-31(33(27)39)35(4,5)6)23-37-29-15-11-8-12-16-29/h7-20,36-39H,21-23H2,1-6H3. The SMILES string of the molecule is CC(C)(C)c1cc(CNc2ccccc2)cc(Cc2cc(CNc3ccccc3)cc(C(C)(C)C)c2O)c1O. The maximum absolute atomic E-state index is 11.4. The molecule has 4 N–H and O–H groups in total. The lowest BCUT2D eigenvalue weighted by Gasteiger charge is -2.25. The second-order valence-corrected chi connectivity index (χ2v) is 12.4. The maximum atomic E-state index is 11.4. The molecule has 0 fully saturated rings. The van der Waals surface area contributed by atoms with Crippen molar-refractivity contribution in [2.45, 2.75) is 71.9 Å². The van der Waals surface area contributed by atoms with E-state index >= 15 is 0 Å². The van der Waals surface area contributed by atoms with Crippen LogP contribution in [0.15, 0.2) is 84.9 Å². The summed E-state index contributed by atoms with van der Waals surface area (Å²) in [5.74, 6) is 0.603.